The monoisotopic (exact) mass is 409 g/mol. The number of benzene rings is 2. The van der Waals surface area contributed by atoms with Gasteiger partial charge >= 0.3 is 0 Å². The molecule has 5 nitrogen and oxygen atoms in total. The molecule has 2 fully saturated rings. The van der Waals surface area contributed by atoms with Crippen LogP contribution in [0, 0.1) is 5.82 Å². The van der Waals surface area contributed by atoms with Gasteiger partial charge in [-0.15, -0.1) is 0 Å². The summed E-state index contributed by atoms with van der Waals surface area (Å²) in [5.41, 5.74) is 3.80. The number of amides is 2. The van der Waals surface area contributed by atoms with E-state index in [1.165, 1.54) is 17.7 Å². The second kappa shape index (κ2) is 9.06. The lowest BCUT2D eigenvalue weighted by Crippen LogP contribution is -2.38. The van der Waals surface area contributed by atoms with Gasteiger partial charge in [-0.25, -0.2) is 9.50 Å². The molecule has 0 atom stereocenters. The number of piperidine rings is 2. The average molecular weight is 409 g/mol. The highest BCUT2D eigenvalue weighted by atomic mass is 19.1. The van der Waals surface area contributed by atoms with Crippen molar-refractivity contribution >= 4 is 11.8 Å². The lowest BCUT2D eigenvalue weighted by atomic mass is 9.85. The fourth-order valence-electron chi connectivity index (χ4n) is 4.67. The highest BCUT2D eigenvalue weighted by Gasteiger charge is 2.28. The second-order valence-electron chi connectivity index (χ2n) is 8.36. The Balaban J connectivity index is 1.42. The Bertz CT molecular complexity index is 905. The molecule has 6 heteroatoms. The molecule has 30 heavy (non-hydrogen) atoms. The van der Waals surface area contributed by atoms with E-state index in [0.717, 1.165) is 43.6 Å². The van der Waals surface area contributed by atoms with Crippen LogP contribution in [0.2, 0.25) is 0 Å². The number of rotatable bonds is 5. The molecule has 0 saturated carbocycles. The molecule has 1 radical (unpaired) electrons. The Morgan fingerprint density at radius 2 is 1.60 bits per heavy atom. The molecule has 157 valence electrons. The number of nitrogens with zero attached hydrogens (tertiary/aromatic N) is 1. The van der Waals surface area contributed by atoms with Gasteiger partial charge in [-0.05, 0) is 66.2 Å². The van der Waals surface area contributed by atoms with E-state index in [-0.39, 0.29) is 43.0 Å². The maximum absolute atomic E-state index is 13.2. The third-order valence-corrected chi connectivity index (χ3v) is 6.28. The first-order valence-corrected chi connectivity index (χ1v) is 10.5. The number of carbonyl (C=O) groups is 2. The summed E-state index contributed by atoms with van der Waals surface area (Å²) in [4.78, 5) is 26.0. The molecule has 2 aliphatic rings. The minimum absolute atomic E-state index is 0.203. The molecular weight excluding hydrogens is 383 g/mol. The van der Waals surface area contributed by atoms with Crippen molar-refractivity contribution in [1.29, 1.82) is 0 Å². The fourth-order valence-corrected chi connectivity index (χ4v) is 4.67. The largest absolute Gasteiger partial charge is 0.299 e. The van der Waals surface area contributed by atoms with Gasteiger partial charge in [0, 0.05) is 25.3 Å². The molecule has 0 aromatic heterocycles. The molecule has 0 unspecified atom stereocenters. The Morgan fingerprint density at radius 1 is 0.933 bits per heavy atom. The maximum atomic E-state index is 13.2. The number of carbonyl (C=O) groups excluding carboxylic acids is 2. The highest BCUT2D eigenvalue weighted by molar-refractivity contribution is 5.98. The standard InChI is InChI=1S/C24H26FN2O3/c25-21-5-3-17(4-6-21)18-7-9-27(10-8-18)14-16-1-2-19(15-28)22(11-16)20-12-23(29)26-24(30)13-20/h1-6,11,18,20H,7-10,12-15H2,(H,26,29,30). The summed E-state index contributed by atoms with van der Waals surface area (Å²) in [7, 11) is 0. The Labute approximate surface area is 175 Å². The SMILES string of the molecule is [O]Cc1ccc(CN2CCC(c3ccc(F)cc3)CC2)cc1C1CC(=O)NC(=O)C1. The number of imide groups is 1. The Hall–Kier alpha value is -2.57. The van der Waals surface area contributed by atoms with Crippen molar-refractivity contribution in [1.82, 2.24) is 10.2 Å². The average Bonchev–Trinajstić information content (AvgIpc) is 2.74. The van der Waals surface area contributed by atoms with Gasteiger partial charge in [-0.3, -0.25) is 19.8 Å². The molecule has 0 bridgehead atoms. The van der Waals surface area contributed by atoms with E-state index in [0.29, 0.717) is 11.5 Å². The lowest BCUT2D eigenvalue weighted by molar-refractivity contribution is -0.133. The topological polar surface area (TPSA) is 69.3 Å². The van der Waals surface area contributed by atoms with Crippen LogP contribution in [-0.2, 0) is 27.8 Å². The number of likely N-dealkylation sites (tertiary alicyclic amines) is 1. The van der Waals surface area contributed by atoms with Gasteiger partial charge in [0.1, 0.15) is 12.4 Å². The predicted molar refractivity (Wildman–Crippen MR) is 110 cm³/mol. The van der Waals surface area contributed by atoms with Crippen molar-refractivity contribution in [2.45, 2.75) is 50.7 Å². The summed E-state index contributed by atoms with van der Waals surface area (Å²) in [5, 5.41) is 14.0. The number of nitrogens with one attached hydrogen (secondary N) is 1. The van der Waals surface area contributed by atoms with Crippen LogP contribution in [0.25, 0.3) is 0 Å². The normalized spacial score (nSPS) is 19.1. The molecule has 1 N–H and O–H groups in total. The van der Waals surface area contributed by atoms with Crippen LogP contribution in [0.4, 0.5) is 4.39 Å². The van der Waals surface area contributed by atoms with Gasteiger partial charge in [0.15, 0.2) is 0 Å². The molecule has 2 saturated heterocycles. The van der Waals surface area contributed by atoms with Crippen LogP contribution < -0.4 is 5.32 Å². The fraction of sp³-hybridized carbons (Fsp3) is 0.417. The third-order valence-electron chi connectivity index (χ3n) is 6.28. The number of halogens is 1. The maximum Gasteiger partial charge on any atom is 0.227 e. The first kappa shape index (κ1) is 20.7. The molecule has 2 aromatic rings. The summed E-state index contributed by atoms with van der Waals surface area (Å²) < 4.78 is 13.2. The summed E-state index contributed by atoms with van der Waals surface area (Å²) in [6.45, 7) is 2.32. The second-order valence-corrected chi connectivity index (χ2v) is 8.36. The van der Waals surface area contributed by atoms with Crippen LogP contribution in [-0.4, -0.2) is 29.8 Å². The molecule has 2 amide bonds. The van der Waals surface area contributed by atoms with E-state index in [1.54, 1.807) is 0 Å². The van der Waals surface area contributed by atoms with Crippen LogP contribution in [0.1, 0.15) is 59.8 Å². The first-order valence-electron chi connectivity index (χ1n) is 10.5. The third kappa shape index (κ3) is 4.77. The van der Waals surface area contributed by atoms with Gasteiger partial charge in [-0.2, -0.15) is 0 Å². The predicted octanol–water partition coefficient (Wildman–Crippen LogP) is 3.66. The lowest BCUT2D eigenvalue weighted by Gasteiger charge is -2.32. The van der Waals surface area contributed by atoms with Gasteiger partial charge in [0.05, 0.1) is 0 Å². The van der Waals surface area contributed by atoms with Gasteiger partial charge in [-0.1, -0.05) is 30.3 Å². The van der Waals surface area contributed by atoms with Crippen molar-refractivity contribution in [3.63, 3.8) is 0 Å². The van der Waals surface area contributed by atoms with E-state index in [4.69, 9.17) is 0 Å². The van der Waals surface area contributed by atoms with Crippen molar-refractivity contribution < 1.29 is 19.1 Å². The summed E-state index contributed by atoms with van der Waals surface area (Å²) >= 11 is 0. The van der Waals surface area contributed by atoms with Gasteiger partial charge in [0.25, 0.3) is 0 Å². The smallest absolute Gasteiger partial charge is 0.227 e. The number of hydrogen-bond acceptors (Lipinski definition) is 3. The molecular formula is C24H26FN2O3. The molecule has 2 aliphatic heterocycles. The molecule has 2 aromatic carbocycles. The van der Waals surface area contributed by atoms with E-state index < -0.39 is 0 Å². The van der Waals surface area contributed by atoms with Crippen LogP contribution in [0.15, 0.2) is 42.5 Å². The van der Waals surface area contributed by atoms with E-state index >= 15 is 0 Å². The summed E-state index contributed by atoms with van der Waals surface area (Å²) in [5.74, 6) is -0.528. The minimum Gasteiger partial charge on any atom is -0.299 e. The summed E-state index contributed by atoms with van der Waals surface area (Å²) in [6.07, 6.45) is 2.53. The van der Waals surface area contributed by atoms with Crippen LogP contribution in [0.5, 0.6) is 0 Å². The Kier molecular flexibility index (Phi) is 6.25. The zero-order valence-electron chi connectivity index (χ0n) is 16.9. The zero-order valence-corrected chi connectivity index (χ0v) is 16.9. The molecule has 0 spiro atoms. The van der Waals surface area contributed by atoms with E-state index in [2.05, 4.69) is 10.2 Å². The zero-order chi connectivity index (χ0) is 21.1. The number of hydrogen-bond donors (Lipinski definition) is 1. The highest BCUT2D eigenvalue weighted by Crippen LogP contribution is 2.32. The quantitative estimate of drug-likeness (QED) is 0.767. The Morgan fingerprint density at radius 3 is 2.23 bits per heavy atom. The van der Waals surface area contributed by atoms with E-state index in [9.17, 15) is 19.1 Å². The van der Waals surface area contributed by atoms with Gasteiger partial charge in [0.2, 0.25) is 11.8 Å². The van der Waals surface area contributed by atoms with Crippen molar-refractivity contribution in [2.24, 2.45) is 0 Å². The molecule has 0 aliphatic carbocycles. The first-order chi connectivity index (χ1) is 14.5. The van der Waals surface area contributed by atoms with Crippen molar-refractivity contribution in [3.8, 4) is 0 Å². The van der Waals surface area contributed by atoms with Gasteiger partial charge < -0.3 is 0 Å². The van der Waals surface area contributed by atoms with Crippen LogP contribution in [0.3, 0.4) is 0 Å². The van der Waals surface area contributed by atoms with Crippen molar-refractivity contribution in [2.75, 3.05) is 13.1 Å². The molecule has 4 rings (SSSR count). The minimum atomic E-state index is -0.356. The summed E-state index contributed by atoms with van der Waals surface area (Å²) in [6, 6.07) is 12.6. The van der Waals surface area contributed by atoms with Crippen molar-refractivity contribution in [3.05, 3.63) is 70.5 Å². The van der Waals surface area contributed by atoms with Crippen LogP contribution >= 0.6 is 0 Å². The molecule has 2 heterocycles. The van der Waals surface area contributed by atoms with E-state index in [1.807, 2.05) is 30.3 Å².